The summed E-state index contributed by atoms with van der Waals surface area (Å²) in [4.78, 5) is 13.7. The Hall–Kier alpha value is -0.370. The Bertz CT molecular complexity index is 178. The number of hydrogen-bond donors (Lipinski definition) is 0. The molecule has 11 heavy (non-hydrogen) atoms. The minimum absolute atomic E-state index is 0.412. The van der Waals surface area contributed by atoms with Gasteiger partial charge in [-0.3, -0.25) is 4.79 Å². The van der Waals surface area contributed by atoms with Crippen LogP contribution in [-0.2, 0) is 4.79 Å². The van der Waals surface area contributed by atoms with E-state index in [9.17, 15) is 4.79 Å². The van der Waals surface area contributed by atoms with Crippen LogP contribution in [0, 0.1) is 11.8 Å². The summed E-state index contributed by atoms with van der Waals surface area (Å²) >= 11 is 0. The average Bonchev–Trinajstić information content (AvgIpc) is 2.53. The fraction of sp³-hybridized carbons (Fsp3) is 0.889. The van der Waals surface area contributed by atoms with E-state index in [1.807, 2.05) is 0 Å². The Balaban J connectivity index is 2.04. The molecule has 0 aromatic heterocycles. The highest BCUT2D eigenvalue weighted by Gasteiger charge is 2.40. The van der Waals surface area contributed by atoms with Crippen molar-refractivity contribution in [3.05, 3.63) is 0 Å². The highest BCUT2D eigenvalue weighted by atomic mass is 16.1. The van der Waals surface area contributed by atoms with Gasteiger partial charge in [0, 0.05) is 25.4 Å². The van der Waals surface area contributed by atoms with Gasteiger partial charge in [0.1, 0.15) is 5.78 Å². The molecule has 2 fully saturated rings. The zero-order valence-corrected chi connectivity index (χ0v) is 7.05. The quantitative estimate of drug-likeness (QED) is 0.558. The van der Waals surface area contributed by atoms with E-state index in [-0.39, 0.29) is 0 Å². The van der Waals surface area contributed by atoms with Crippen LogP contribution in [0.15, 0.2) is 0 Å². The first-order valence-electron chi connectivity index (χ1n) is 4.56. The van der Waals surface area contributed by atoms with Crippen LogP contribution in [0.1, 0.15) is 19.8 Å². The first-order chi connectivity index (χ1) is 5.31. The van der Waals surface area contributed by atoms with Crippen molar-refractivity contribution in [2.45, 2.75) is 19.8 Å². The van der Waals surface area contributed by atoms with E-state index in [4.69, 9.17) is 0 Å². The summed E-state index contributed by atoms with van der Waals surface area (Å²) < 4.78 is 0. The minimum Gasteiger partial charge on any atom is -0.303 e. The van der Waals surface area contributed by atoms with Gasteiger partial charge in [0.25, 0.3) is 0 Å². The highest BCUT2D eigenvalue weighted by Crippen LogP contribution is 2.34. The van der Waals surface area contributed by atoms with Gasteiger partial charge in [-0.2, -0.15) is 0 Å². The number of fused-ring (bicyclic) bond motifs is 1. The number of ketones is 1. The summed E-state index contributed by atoms with van der Waals surface area (Å²) in [5.74, 6) is 1.64. The minimum atomic E-state index is 0.412. The number of Topliss-reactive ketones (excluding diaryl/α,β-unsaturated/α-hetero) is 1. The molecule has 0 N–H and O–H groups in total. The molecule has 2 atom stereocenters. The third-order valence-corrected chi connectivity index (χ3v) is 3.14. The lowest BCUT2D eigenvalue weighted by Gasteiger charge is -2.12. The Labute approximate surface area is 67.6 Å². The third kappa shape index (κ3) is 1.09. The number of carbonyl (C=O) groups excluding carboxylic acids is 1. The molecule has 1 heterocycles. The Morgan fingerprint density at radius 1 is 1.55 bits per heavy atom. The molecule has 1 aliphatic carbocycles. The van der Waals surface area contributed by atoms with E-state index in [0.717, 1.165) is 25.9 Å². The van der Waals surface area contributed by atoms with E-state index in [2.05, 4.69) is 11.8 Å². The monoisotopic (exact) mass is 153 g/mol. The molecule has 1 aliphatic heterocycles. The molecule has 0 bridgehead atoms. The summed E-state index contributed by atoms with van der Waals surface area (Å²) in [6.07, 6.45) is 2.01. The number of rotatable bonds is 1. The summed E-state index contributed by atoms with van der Waals surface area (Å²) in [6.45, 7) is 5.50. The van der Waals surface area contributed by atoms with E-state index in [1.165, 1.54) is 6.54 Å². The van der Waals surface area contributed by atoms with Crippen molar-refractivity contribution in [2.24, 2.45) is 11.8 Å². The predicted octanol–water partition coefficient (Wildman–Crippen LogP) is 0.917. The molecule has 1 saturated carbocycles. The van der Waals surface area contributed by atoms with Crippen LogP contribution in [0.3, 0.4) is 0 Å². The van der Waals surface area contributed by atoms with Gasteiger partial charge < -0.3 is 4.90 Å². The average molecular weight is 153 g/mol. The molecular formula is C9H15NO. The maximum atomic E-state index is 11.3. The van der Waals surface area contributed by atoms with Gasteiger partial charge >= 0.3 is 0 Å². The van der Waals surface area contributed by atoms with Crippen molar-refractivity contribution in [3.63, 3.8) is 0 Å². The van der Waals surface area contributed by atoms with Gasteiger partial charge in [0.2, 0.25) is 0 Å². The molecule has 2 aliphatic rings. The maximum Gasteiger partial charge on any atom is 0.137 e. The van der Waals surface area contributed by atoms with Crippen molar-refractivity contribution in [2.75, 3.05) is 19.6 Å². The molecule has 1 saturated heterocycles. The normalized spacial score (nSPS) is 38.1. The summed E-state index contributed by atoms with van der Waals surface area (Å²) in [5.41, 5.74) is 0. The second kappa shape index (κ2) is 2.59. The van der Waals surface area contributed by atoms with E-state index in [1.54, 1.807) is 0 Å². The van der Waals surface area contributed by atoms with Gasteiger partial charge in [-0.1, -0.05) is 6.92 Å². The maximum absolute atomic E-state index is 11.3. The van der Waals surface area contributed by atoms with Gasteiger partial charge in [-0.25, -0.2) is 0 Å². The zero-order valence-electron chi connectivity index (χ0n) is 7.05. The molecule has 2 rings (SSSR count). The highest BCUT2D eigenvalue weighted by molar-refractivity contribution is 5.84. The molecule has 0 amide bonds. The molecule has 0 spiro atoms. The Morgan fingerprint density at radius 3 is 3.00 bits per heavy atom. The fourth-order valence-corrected chi connectivity index (χ4v) is 2.39. The lowest BCUT2D eigenvalue weighted by molar-refractivity contribution is -0.120. The summed E-state index contributed by atoms with van der Waals surface area (Å²) in [6, 6.07) is 0. The molecule has 0 aromatic rings. The fourth-order valence-electron chi connectivity index (χ4n) is 2.39. The zero-order chi connectivity index (χ0) is 7.84. The topological polar surface area (TPSA) is 20.3 Å². The van der Waals surface area contributed by atoms with Crippen molar-refractivity contribution < 1.29 is 4.79 Å². The standard InChI is InChI=1S/C9H15NO/c1-2-10-5-7-3-4-9(11)8(7)6-10/h7-8H,2-6H2,1H3/t7-,8+/m0/s1. The van der Waals surface area contributed by atoms with Gasteiger partial charge in [-0.05, 0) is 18.9 Å². The first-order valence-corrected chi connectivity index (χ1v) is 4.56. The van der Waals surface area contributed by atoms with Gasteiger partial charge in [-0.15, -0.1) is 0 Å². The number of hydrogen-bond acceptors (Lipinski definition) is 2. The van der Waals surface area contributed by atoms with E-state index < -0.39 is 0 Å². The molecule has 0 radical (unpaired) electrons. The number of likely N-dealkylation sites (tertiary alicyclic amines) is 1. The lowest BCUT2D eigenvalue weighted by Crippen LogP contribution is -2.22. The first kappa shape index (κ1) is 7.29. The molecule has 2 heteroatoms. The van der Waals surface area contributed by atoms with E-state index >= 15 is 0 Å². The lowest BCUT2D eigenvalue weighted by atomic mass is 10.0. The van der Waals surface area contributed by atoms with Crippen LogP contribution in [-0.4, -0.2) is 30.3 Å². The number of nitrogens with zero attached hydrogens (tertiary/aromatic N) is 1. The second-order valence-electron chi connectivity index (χ2n) is 3.72. The van der Waals surface area contributed by atoms with Crippen molar-refractivity contribution in [1.82, 2.24) is 4.90 Å². The van der Waals surface area contributed by atoms with Crippen LogP contribution in [0.4, 0.5) is 0 Å². The Morgan fingerprint density at radius 2 is 2.36 bits per heavy atom. The van der Waals surface area contributed by atoms with Crippen LogP contribution in [0.25, 0.3) is 0 Å². The number of carbonyl (C=O) groups is 1. The molecule has 62 valence electrons. The summed E-state index contributed by atoms with van der Waals surface area (Å²) in [5, 5.41) is 0. The Kier molecular flexibility index (Phi) is 1.72. The smallest absolute Gasteiger partial charge is 0.137 e. The molecule has 0 aromatic carbocycles. The van der Waals surface area contributed by atoms with Crippen LogP contribution in [0.5, 0.6) is 0 Å². The molecule has 2 nitrogen and oxygen atoms in total. The van der Waals surface area contributed by atoms with Crippen molar-refractivity contribution in [1.29, 1.82) is 0 Å². The largest absolute Gasteiger partial charge is 0.303 e. The SMILES string of the molecule is CCN1C[C@@H]2CCC(=O)[C@@H]2C1. The van der Waals surface area contributed by atoms with Crippen LogP contribution < -0.4 is 0 Å². The van der Waals surface area contributed by atoms with E-state index in [0.29, 0.717) is 17.6 Å². The predicted molar refractivity (Wildman–Crippen MR) is 43.3 cm³/mol. The third-order valence-electron chi connectivity index (χ3n) is 3.14. The van der Waals surface area contributed by atoms with Crippen LogP contribution in [0.2, 0.25) is 0 Å². The van der Waals surface area contributed by atoms with Crippen LogP contribution >= 0.6 is 0 Å². The van der Waals surface area contributed by atoms with Gasteiger partial charge in [0.15, 0.2) is 0 Å². The second-order valence-corrected chi connectivity index (χ2v) is 3.72. The summed E-state index contributed by atoms with van der Waals surface area (Å²) in [7, 11) is 0. The van der Waals surface area contributed by atoms with Gasteiger partial charge in [0.05, 0.1) is 0 Å². The molecular weight excluding hydrogens is 138 g/mol. The van der Waals surface area contributed by atoms with Crippen molar-refractivity contribution >= 4 is 5.78 Å². The van der Waals surface area contributed by atoms with Crippen molar-refractivity contribution in [3.8, 4) is 0 Å². The molecule has 0 unspecified atom stereocenters.